The Morgan fingerprint density at radius 3 is 1.57 bits per heavy atom. The van der Waals surface area contributed by atoms with Crippen molar-refractivity contribution in [1.29, 1.82) is 0 Å². The lowest BCUT2D eigenvalue weighted by Gasteiger charge is -2.13. The number of rotatable bonds is 5. The average Bonchev–Trinajstić information content (AvgIpc) is 3.88. The van der Waals surface area contributed by atoms with E-state index < -0.39 is 0 Å². The Bertz CT molecular complexity index is 3570. The molecule has 0 atom stereocenters. The summed E-state index contributed by atoms with van der Waals surface area (Å²) in [4.78, 5) is 15.6. The second-order valence-electron chi connectivity index (χ2n) is 14.7. The highest BCUT2D eigenvalue weighted by Crippen LogP contribution is 2.41. The van der Waals surface area contributed by atoms with Gasteiger partial charge in [0, 0.05) is 38.2 Å². The molecule has 12 rings (SSSR count). The second kappa shape index (κ2) is 12.8. The summed E-state index contributed by atoms with van der Waals surface area (Å²) in [5, 5.41) is 8.80. The molecule has 3 heterocycles. The maximum Gasteiger partial charge on any atom is 0.164 e. The first-order valence-electron chi connectivity index (χ1n) is 19.4. The van der Waals surface area contributed by atoms with E-state index in [2.05, 4.69) is 152 Å². The molecule has 12 aromatic rings. The number of furan rings is 2. The van der Waals surface area contributed by atoms with E-state index in [1.54, 1.807) is 0 Å². The average molecular weight is 742 g/mol. The van der Waals surface area contributed by atoms with Gasteiger partial charge in [0.05, 0.1) is 0 Å². The molecule has 0 bridgehead atoms. The molecule has 0 fully saturated rings. The van der Waals surface area contributed by atoms with Crippen LogP contribution in [0.4, 0.5) is 0 Å². The van der Waals surface area contributed by atoms with E-state index in [0.29, 0.717) is 17.5 Å². The minimum Gasteiger partial charge on any atom is -0.456 e. The summed E-state index contributed by atoms with van der Waals surface area (Å²) in [6, 6.07) is 65.1. The fourth-order valence-corrected chi connectivity index (χ4v) is 8.63. The van der Waals surface area contributed by atoms with E-state index in [0.717, 1.165) is 104 Å². The summed E-state index contributed by atoms with van der Waals surface area (Å²) >= 11 is 0. The molecule has 5 heteroatoms. The predicted molar refractivity (Wildman–Crippen MR) is 237 cm³/mol. The number of para-hydroxylation sites is 2. The molecule has 0 unspecified atom stereocenters. The molecule has 0 aliphatic heterocycles. The van der Waals surface area contributed by atoms with E-state index in [4.69, 9.17) is 23.8 Å². The van der Waals surface area contributed by atoms with Gasteiger partial charge >= 0.3 is 0 Å². The van der Waals surface area contributed by atoms with Gasteiger partial charge in [0.1, 0.15) is 22.3 Å². The number of benzene rings is 9. The van der Waals surface area contributed by atoms with E-state index in [9.17, 15) is 0 Å². The van der Waals surface area contributed by atoms with E-state index in [1.807, 2.05) is 36.4 Å². The lowest BCUT2D eigenvalue weighted by atomic mass is 9.93. The van der Waals surface area contributed by atoms with Crippen LogP contribution in [-0.2, 0) is 0 Å². The monoisotopic (exact) mass is 741 g/mol. The summed E-state index contributed by atoms with van der Waals surface area (Å²) in [7, 11) is 0. The van der Waals surface area contributed by atoms with Gasteiger partial charge in [0.15, 0.2) is 17.5 Å². The van der Waals surface area contributed by atoms with E-state index in [1.165, 1.54) is 0 Å². The van der Waals surface area contributed by atoms with Crippen molar-refractivity contribution in [3.63, 3.8) is 0 Å². The van der Waals surface area contributed by atoms with Crippen LogP contribution >= 0.6 is 0 Å². The predicted octanol–water partition coefficient (Wildman–Crippen LogP) is 14.3. The molecule has 0 saturated carbocycles. The molecule has 3 aromatic heterocycles. The Morgan fingerprint density at radius 2 is 0.793 bits per heavy atom. The number of fused-ring (bicyclic) bond motifs is 9. The molecule has 58 heavy (non-hydrogen) atoms. The number of nitrogens with zero attached hydrogens (tertiary/aromatic N) is 3. The maximum absolute atomic E-state index is 6.29. The minimum absolute atomic E-state index is 0.606. The molecule has 5 nitrogen and oxygen atoms in total. The summed E-state index contributed by atoms with van der Waals surface area (Å²) < 4.78 is 12.5. The summed E-state index contributed by atoms with van der Waals surface area (Å²) in [6.07, 6.45) is 0. The normalized spacial score (nSPS) is 11.8. The van der Waals surface area contributed by atoms with Crippen molar-refractivity contribution in [2.45, 2.75) is 0 Å². The zero-order valence-corrected chi connectivity index (χ0v) is 31.1. The van der Waals surface area contributed by atoms with Crippen molar-refractivity contribution in [3.8, 4) is 56.4 Å². The lowest BCUT2D eigenvalue weighted by Crippen LogP contribution is -2.01. The highest BCUT2D eigenvalue weighted by molar-refractivity contribution is 6.19. The molecule has 0 saturated heterocycles. The van der Waals surface area contributed by atoms with Crippen LogP contribution < -0.4 is 0 Å². The third-order valence-electron chi connectivity index (χ3n) is 11.4. The zero-order valence-electron chi connectivity index (χ0n) is 31.1. The van der Waals surface area contributed by atoms with Gasteiger partial charge in [0.2, 0.25) is 0 Å². The van der Waals surface area contributed by atoms with Crippen LogP contribution in [0.2, 0.25) is 0 Å². The standard InChI is InChI=1S/C53H31N3O2/c1-2-11-32(12-3-1)33-23-25-34(26-24-33)51-54-52(36-27-29-37-35(31-36)28-30-48-49(37)43-13-4-6-20-45(43)58-48)56-53(55-51)42-19-9-15-38-39(16-8-17-40(38)42)41-18-10-22-47-50(41)44-14-5-7-21-46(44)57-47/h1-31H. The lowest BCUT2D eigenvalue weighted by molar-refractivity contribution is 0.668. The molecule has 0 aliphatic rings. The molecule has 270 valence electrons. The second-order valence-corrected chi connectivity index (χ2v) is 14.7. The highest BCUT2D eigenvalue weighted by atomic mass is 16.3. The number of hydrogen-bond acceptors (Lipinski definition) is 5. The SMILES string of the molecule is c1ccc(-c2ccc(-c3nc(-c4ccc5c(ccc6oc7ccccc7c65)c4)nc(-c4cccc5c(-c6cccc7oc8ccccc8c67)cccc45)n3)cc2)cc1. The van der Waals surface area contributed by atoms with Gasteiger partial charge in [-0.3, -0.25) is 0 Å². The molecule has 0 radical (unpaired) electrons. The highest BCUT2D eigenvalue weighted by Gasteiger charge is 2.19. The van der Waals surface area contributed by atoms with Crippen molar-refractivity contribution >= 4 is 65.4 Å². The zero-order chi connectivity index (χ0) is 38.2. The van der Waals surface area contributed by atoms with Crippen LogP contribution in [0.3, 0.4) is 0 Å². The van der Waals surface area contributed by atoms with Gasteiger partial charge in [-0.2, -0.15) is 0 Å². The Balaban J connectivity index is 1.05. The molecule has 9 aromatic carbocycles. The smallest absolute Gasteiger partial charge is 0.164 e. The van der Waals surface area contributed by atoms with Crippen molar-refractivity contribution in [2.75, 3.05) is 0 Å². The topological polar surface area (TPSA) is 65.0 Å². The van der Waals surface area contributed by atoms with Crippen LogP contribution in [0.1, 0.15) is 0 Å². The van der Waals surface area contributed by atoms with E-state index >= 15 is 0 Å². The Kier molecular flexibility index (Phi) is 7.16. The van der Waals surface area contributed by atoms with Crippen molar-refractivity contribution in [3.05, 3.63) is 188 Å². The Labute approximate surface area is 332 Å². The van der Waals surface area contributed by atoms with Crippen LogP contribution in [0, 0.1) is 0 Å². The molecular formula is C53H31N3O2. The van der Waals surface area contributed by atoms with Crippen molar-refractivity contribution in [1.82, 2.24) is 15.0 Å². The quantitative estimate of drug-likeness (QED) is 0.176. The molecular weight excluding hydrogens is 711 g/mol. The third kappa shape index (κ3) is 5.14. The molecule has 0 N–H and O–H groups in total. The number of aromatic nitrogens is 3. The largest absolute Gasteiger partial charge is 0.456 e. The number of hydrogen-bond donors (Lipinski definition) is 0. The van der Waals surface area contributed by atoms with Crippen molar-refractivity contribution < 1.29 is 8.83 Å². The first-order valence-corrected chi connectivity index (χ1v) is 19.4. The van der Waals surface area contributed by atoms with Crippen LogP contribution in [-0.4, -0.2) is 15.0 Å². The van der Waals surface area contributed by atoms with Crippen molar-refractivity contribution in [2.24, 2.45) is 0 Å². The summed E-state index contributed by atoms with van der Waals surface area (Å²) in [5.41, 5.74) is 10.8. The van der Waals surface area contributed by atoms with Crippen LogP contribution in [0.15, 0.2) is 197 Å². The van der Waals surface area contributed by atoms with Crippen LogP contribution in [0.25, 0.3) is 122 Å². The van der Waals surface area contributed by atoms with Crippen LogP contribution in [0.5, 0.6) is 0 Å². The first kappa shape index (κ1) is 32.4. The summed E-state index contributed by atoms with van der Waals surface area (Å²) in [5.74, 6) is 1.82. The van der Waals surface area contributed by atoms with Gasteiger partial charge in [0.25, 0.3) is 0 Å². The molecule has 0 aliphatic carbocycles. The minimum atomic E-state index is 0.606. The Hall–Kier alpha value is -7.89. The fourth-order valence-electron chi connectivity index (χ4n) is 8.63. The molecule has 0 amide bonds. The first-order chi connectivity index (χ1) is 28.7. The van der Waals surface area contributed by atoms with Gasteiger partial charge < -0.3 is 8.83 Å². The molecule has 0 spiro atoms. The van der Waals surface area contributed by atoms with Gasteiger partial charge in [-0.15, -0.1) is 0 Å². The van der Waals surface area contributed by atoms with Gasteiger partial charge in [-0.05, 0) is 74.1 Å². The fraction of sp³-hybridized carbons (Fsp3) is 0. The maximum atomic E-state index is 6.29. The summed E-state index contributed by atoms with van der Waals surface area (Å²) in [6.45, 7) is 0. The third-order valence-corrected chi connectivity index (χ3v) is 11.4. The Morgan fingerprint density at radius 1 is 0.276 bits per heavy atom. The van der Waals surface area contributed by atoms with Gasteiger partial charge in [-0.25, -0.2) is 15.0 Å². The van der Waals surface area contributed by atoms with E-state index in [-0.39, 0.29) is 0 Å². The van der Waals surface area contributed by atoms with Gasteiger partial charge in [-0.1, -0.05) is 158 Å².